The number of piperidine rings is 1. The van der Waals surface area contributed by atoms with E-state index in [2.05, 4.69) is 12.2 Å². The molecule has 2 rings (SSSR count). The largest absolute Gasteiger partial charge is 0.494 e. The van der Waals surface area contributed by atoms with Gasteiger partial charge in [-0.1, -0.05) is 6.92 Å². The molecule has 1 unspecified atom stereocenters. The van der Waals surface area contributed by atoms with Crippen molar-refractivity contribution in [3.63, 3.8) is 0 Å². The second-order valence-corrected chi connectivity index (χ2v) is 7.96. The monoisotopic (exact) mass is 311 g/mol. The van der Waals surface area contributed by atoms with Crippen molar-refractivity contribution in [2.45, 2.75) is 31.1 Å². The number of rotatable bonds is 6. The molecule has 1 aromatic rings. The standard InChI is InChI=1S/C16H25NO3S/c1-13(14-7-10-17-11-8-14)9-12-20-15-3-5-16(6-4-15)21(2,18)19/h3-6,13-14,17H,7-12H2,1-2H3. The summed E-state index contributed by atoms with van der Waals surface area (Å²) in [4.78, 5) is 0.331. The molecule has 0 aliphatic carbocycles. The van der Waals surface area contributed by atoms with Gasteiger partial charge in [0, 0.05) is 6.26 Å². The molecule has 21 heavy (non-hydrogen) atoms. The van der Waals surface area contributed by atoms with Crippen molar-refractivity contribution in [2.75, 3.05) is 26.0 Å². The lowest BCUT2D eigenvalue weighted by Gasteiger charge is -2.28. The Balaban J connectivity index is 1.78. The summed E-state index contributed by atoms with van der Waals surface area (Å²) in [6, 6.07) is 6.65. The molecule has 0 amide bonds. The Kier molecular flexibility index (Phi) is 5.65. The van der Waals surface area contributed by atoms with Gasteiger partial charge in [0.15, 0.2) is 9.84 Å². The van der Waals surface area contributed by atoms with Crippen LogP contribution >= 0.6 is 0 Å². The Bertz CT molecular complexity index is 533. The van der Waals surface area contributed by atoms with Crippen LogP contribution in [0.2, 0.25) is 0 Å². The maximum Gasteiger partial charge on any atom is 0.175 e. The zero-order valence-electron chi connectivity index (χ0n) is 12.8. The first kappa shape index (κ1) is 16.3. The van der Waals surface area contributed by atoms with Crippen molar-refractivity contribution < 1.29 is 13.2 Å². The van der Waals surface area contributed by atoms with Gasteiger partial charge in [0.2, 0.25) is 0 Å². The Morgan fingerprint density at radius 2 is 1.86 bits per heavy atom. The first-order valence-corrected chi connectivity index (χ1v) is 9.49. The zero-order chi connectivity index (χ0) is 15.3. The number of sulfone groups is 1. The van der Waals surface area contributed by atoms with Gasteiger partial charge < -0.3 is 10.1 Å². The molecule has 0 spiro atoms. The molecule has 5 heteroatoms. The minimum absolute atomic E-state index is 0.331. The number of benzene rings is 1. The summed E-state index contributed by atoms with van der Waals surface area (Å²) in [5.74, 6) is 2.20. The second kappa shape index (κ2) is 7.27. The first-order valence-electron chi connectivity index (χ1n) is 7.60. The fraction of sp³-hybridized carbons (Fsp3) is 0.625. The highest BCUT2D eigenvalue weighted by Crippen LogP contribution is 2.24. The van der Waals surface area contributed by atoms with Gasteiger partial charge >= 0.3 is 0 Å². The van der Waals surface area contributed by atoms with Gasteiger partial charge in [-0.25, -0.2) is 8.42 Å². The van der Waals surface area contributed by atoms with E-state index in [0.29, 0.717) is 17.4 Å². The lowest BCUT2D eigenvalue weighted by Crippen LogP contribution is -2.31. The lowest BCUT2D eigenvalue weighted by atomic mass is 9.84. The van der Waals surface area contributed by atoms with E-state index in [1.54, 1.807) is 24.3 Å². The van der Waals surface area contributed by atoms with Crippen LogP contribution in [-0.4, -0.2) is 34.4 Å². The smallest absolute Gasteiger partial charge is 0.175 e. The molecule has 1 saturated heterocycles. The van der Waals surface area contributed by atoms with Crippen molar-refractivity contribution in [2.24, 2.45) is 11.8 Å². The molecule has 1 fully saturated rings. The maximum atomic E-state index is 11.4. The van der Waals surface area contributed by atoms with Gasteiger partial charge in [-0.2, -0.15) is 0 Å². The van der Waals surface area contributed by atoms with E-state index >= 15 is 0 Å². The SMILES string of the molecule is CC(CCOc1ccc(S(C)(=O)=O)cc1)C1CCNCC1. The molecule has 1 atom stereocenters. The van der Waals surface area contributed by atoms with Crippen LogP contribution in [-0.2, 0) is 9.84 Å². The van der Waals surface area contributed by atoms with Crippen LogP contribution in [0.5, 0.6) is 5.75 Å². The fourth-order valence-corrected chi connectivity index (χ4v) is 3.43. The topological polar surface area (TPSA) is 55.4 Å². The molecular formula is C16H25NO3S. The van der Waals surface area contributed by atoms with Crippen molar-refractivity contribution in [1.29, 1.82) is 0 Å². The van der Waals surface area contributed by atoms with E-state index in [9.17, 15) is 8.42 Å². The molecular weight excluding hydrogens is 286 g/mol. The van der Waals surface area contributed by atoms with E-state index in [0.717, 1.165) is 31.2 Å². The molecule has 1 N–H and O–H groups in total. The third-order valence-electron chi connectivity index (χ3n) is 4.28. The zero-order valence-corrected chi connectivity index (χ0v) is 13.7. The molecule has 0 aromatic heterocycles. The Labute approximate surface area is 127 Å². The molecule has 1 aliphatic heterocycles. The summed E-state index contributed by atoms with van der Waals surface area (Å²) in [6.45, 7) is 5.24. The molecule has 0 saturated carbocycles. The normalized spacial score (nSPS) is 18.4. The summed E-state index contributed by atoms with van der Waals surface area (Å²) < 4.78 is 28.5. The summed E-state index contributed by atoms with van der Waals surface area (Å²) in [5.41, 5.74) is 0. The number of hydrogen-bond donors (Lipinski definition) is 1. The van der Waals surface area contributed by atoms with Gasteiger partial charge in [0.25, 0.3) is 0 Å². The van der Waals surface area contributed by atoms with Crippen LogP contribution in [0.3, 0.4) is 0 Å². The highest BCUT2D eigenvalue weighted by molar-refractivity contribution is 7.90. The van der Waals surface area contributed by atoms with Crippen molar-refractivity contribution >= 4 is 9.84 Å². The summed E-state index contributed by atoms with van der Waals surface area (Å²) >= 11 is 0. The van der Waals surface area contributed by atoms with E-state index in [1.807, 2.05) is 0 Å². The third kappa shape index (κ3) is 5.00. The second-order valence-electron chi connectivity index (χ2n) is 5.95. The van der Waals surface area contributed by atoms with E-state index in [4.69, 9.17) is 4.74 Å². The molecule has 0 radical (unpaired) electrons. The van der Waals surface area contributed by atoms with Gasteiger partial charge in [0.05, 0.1) is 11.5 Å². The van der Waals surface area contributed by atoms with Crippen molar-refractivity contribution in [3.8, 4) is 5.75 Å². The number of hydrogen-bond acceptors (Lipinski definition) is 4. The Morgan fingerprint density at radius 3 is 2.43 bits per heavy atom. The van der Waals surface area contributed by atoms with Gasteiger partial charge in [-0.3, -0.25) is 0 Å². The summed E-state index contributed by atoms with van der Waals surface area (Å²) in [5, 5.41) is 3.39. The van der Waals surface area contributed by atoms with Crippen LogP contribution < -0.4 is 10.1 Å². The first-order chi connectivity index (χ1) is 9.97. The minimum Gasteiger partial charge on any atom is -0.494 e. The quantitative estimate of drug-likeness (QED) is 0.877. The summed E-state index contributed by atoms with van der Waals surface area (Å²) in [7, 11) is -3.13. The van der Waals surface area contributed by atoms with Crippen LogP contribution in [0.1, 0.15) is 26.2 Å². The van der Waals surface area contributed by atoms with E-state index < -0.39 is 9.84 Å². The molecule has 1 aliphatic rings. The van der Waals surface area contributed by atoms with E-state index in [-0.39, 0.29) is 0 Å². The Morgan fingerprint density at radius 1 is 1.24 bits per heavy atom. The van der Waals surface area contributed by atoms with Crippen LogP contribution in [0, 0.1) is 11.8 Å². The predicted octanol–water partition coefficient (Wildman–Crippen LogP) is 2.49. The third-order valence-corrected chi connectivity index (χ3v) is 5.41. The lowest BCUT2D eigenvalue weighted by molar-refractivity contribution is 0.216. The van der Waals surface area contributed by atoms with Crippen LogP contribution in [0.15, 0.2) is 29.2 Å². The average molecular weight is 311 g/mol. The van der Waals surface area contributed by atoms with Gasteiger partial charge in [-0.15, -0.1) is 0 Å². The maximum absolute atomic E-state index is 11.4. The highest BCUT2D eigenvalue weighted by Gasteiger charge is 2.19. The van der Waals surface area contributed by atoms with Crippen molar-refractivity contribution in [1.82, 2.24) is 5.32 Å². The predicted molar refractivity (Wildman–Crippen MR) is 84.4 cm³/mol. The number of ether oxygens (including phenoxy) is 1. The van der Waals surface area contributed by atoms with Gasteiger partial charge in [-0.05, 0) is 68.5 Å². The number of nitrogens with one attached hydrogen (secondary N) is 1. The molecule has 0 bridgehead atoms. The van der Waals surface area contributed by atoms with Gasteiger partial charge in [0.1, 0.15) is 5.75 Å². The van der Waals surface area contributed by atoms with E-state index in [1.165, 1.54) is 19.1 Å². The summed E-state index contributed by atoms with van der Waals surface area (Å²) in [6.07, 6.45) is 4.76. The minimum atomic E-state index is -3.13. The average Bonchev–Trinajstić information content (AvgIpc) is 2.47. The van der Waals surface area contributed by atoms with Crippen molar-refractivity contribution in [3.05, 3.63) is 24.3 Å². The molecule has 1 heterocycles. The molecule has 4 nitrogen and oxygen atoms in total. The van der Waals surface area contributed by atoms with Crippen LogP contribution in [0.4, 0.5) is 0 Å². The van der Waals surface area contributed by atoms with Crippen LogP contribution in [0.25, 0.3) is 0 Å². The molecule has 1 aromatic carbocycles. The fourth-order valence-electron chi connectivity index (χ4n) is 2.79. The Hall–Kier alpha value is -1.07. The molecule has 118 valence electrons. The highest BCUT2D eigenvalue weighted by atomic mass is 32.2.